The average molecular weight is 228 g/mol. The Hall–Kier alpha value is 0.127. The van der Waals surface area contributed by atoms with Crippen LogP contribution in [0.3, 0.4) is 0 Å². The normalized spacial score (nSPS) is 17.8. The molecule has 0 aromatic rings. The van der Waals surface area contributed by atoms with E-state index < -0.39 is 29.1 Å². The summed E-state index contributed by atoms with van der Waals surface area (Å²) in [5.41, 5.74) is 0. The summed E-state index contributed by atoms with van der Waals surface area (Å²) in [5, 5.41) is -4.67. The first-order chi connectivity index (χ1) is 5.75. The van der Waals surface area contributed by atoms with E-state index in [2.05, 4.69) is 11.3 Å². The van der Waals surface area contributed by atoms with Crippen LogP contribution in [0.25, 0.3) is 0 Å². The smallest absolute Gasteiger partial charge is 0.768 e. The van der Waals surface area contributed by atoms with Crippen molar-refractivity contribution in [3.8, 4) is 0 Å². The van der Waals surface area contributed by atoms with Crippen LogP contribution in [0.5, 0.6) is 0 Å². The molecule has 0 heterocycles. The molecule has 2 unspecified atom stereocenters. The molecule has 0 N–H and O–H groups in total. The summed E-state index contributed by atoms with van der Waals surface area (Å²) in [5.74, 6) is 0. The molecular formula is C5H5F4LiO3S. The van der Waals surface area contributed by atoms with Gasteiger partial charge in [0.05, 0.1) is 6.61 Å². The van der Waals surface area contributed by atoms with Gasteiger partial charge in [-0.1, -0.05) is 6.08 Å². The van der Waals surface area contributed by atoms with Crippen LogP contribution in [0.2, 0.25) is 0 Å². The standard InChI is InChI=1S/C5H6F4O3S.Li/c1-2-3-12-5(9,13(10)11)4(6,7)8;/h2H,1,3H2,(H,10,11);/q;+1/p-1. The first-order valence-electron chi connectivity index (χ1n) is 2.85. The predicted octanol–water partition coefficient (Wildman–Crippen LogP) is -1.74. The molecule has 0 spiro atoms. The summed E-state index contributed by atoms with van der Waals surface area (Å²) >= 11 is -4.05. The molecule has 0 aliphatic heterocycles. The van der Waals surface area contributed by atoms with Crippen molar-refractivity contribution in [2.75, 3.05) is 6.61 Å². The molecule has 0 aliphatic carbocycles. The van der Waals surface area contributed by atoms with Gasteiger partial charge in [0, 0.05) is 11.1 Å². The number of rotatable bonds is 4. The Balaban J connectivity index is 0. The van der Waals surface area contributed by atoms with E-state index in [9.17, 15) is 26.3 Å². The van der Waals surface area contributed by atoms with Crippen LogP contribution >= 0.6 is 0 Å². The minimum Gasteiger partial charge on any atom is -0.768 e. The van der Waals surface area contributed by atoms with Crippen molar-refractivity contribution in [1.82, 2.24) is 0 Å². The average Bonchev–Trinajstić information content (AvgIpc) is 1.97. The SMILES string of the molecule is C=CCOC(F)(S(=O)[O-])C(F)(F)F.[Li+]. The Morgan fingerprint density at radius 3 is 2.07 bits per heavy atom. The second-order valence-electron chi connectivity index (χ2n) is 1.87. The molecule has 0 aliphatic rings. The summed E-state index contributed by atoms with van der Waals surface area (Å²) in [6.45, 7) is 2.09. The van der Waals surface area contributed by atoms with E-state index in [1.54, 1.807) is 0 Å². The molecule has 0 radical (unpaired) electrons. The number of ether oxygens (including phenoxy) is 1. The quantitative estimate of drug-likeness (QED) is 0.248. The first kappa shape index (κ1) is 16.6. The molecular weight excluding hydrogens is 223 g/mol. The molecule has 3 nitrogen and oxygen atoms in total. The van der Waals surface area contributed by atoms with E-state index in [-0.39, 0.29) is 18.9 Å². The van der Waals surface area contributed by atoms with E-state index in [0.717, 1.165) is 6.08 Å². The van der Waals surface area contributed by atoms with Gasteiger partial charge in [-0.2, -0.15) is 17.6 Å². The maximum atomic E-state index is 12.6. The van der Waals surface area contributed by atoms with Crippen molar-refractivity contribution in [2.45, 2.75) is 11.4 Å². The molecule has 0 saturated heterocycles. The molecule has 14 heavy (non-hydrogen) atoms. The Bertz CT molecular complexity index is 222. The van der Waals surface area contributed by atoms with E-state index in [4.69, 9.17) is 0 Å². The third-order valence-electron chi connectivity index (χ3n) is 0.940. The minimum atomic E-state index is -5.62. The largest absolute Gasteiger partial charge is 1.00 e. The molecule has 0 saturated carbocycles. The molecule has 0 fully saturated rings. The maximum Gasteiger partial charge on any atom is 1.00 e. The van der Waals surface area contributed by atoms with Crippen molar-refractivity contribution >= 4 is 11.1 Å². The molecule has 0 bridgehead atoms. The van der Waals surface area contributed by atoms with Gasteiger partial charge < -0.3 is 9.29 Å². The third-order valence-corrected chi connectivity index (χ3v) is 1.72. The number of hydrogen-bond donors (Lipinski definition) is 0. The van der Waals surface area contributed by atoms with Crippen molar-refractivity contribution in [1.29, 1.82) is 0 Å². The van der Waals surface area contributed by atoms with Crippen molar-refractivity contribution < 1.29 is 49.9 Å². The second kappa shape index (κ2) is 5.88. The third kappa shape index (κ3) is 3.71. The van der Waals surface area contributed by atoms with Gasteiger partial charge >= 0.3 is 30.2 Å². The van der Waals surface area contributed by atoms with Crippen LogP contribution in [0.1, 0.15) is 0 Å². The molecule has 0 amide bonds. The Labute approximate surface area is 92.0 Å². The second-order valence-corrected chi connectivity index (χ2v) is 2.86. The topological polar surface area (TPSA) is 49.4 Å². The molecule has 0 rings (SSSR count). The van der Waals surface area contributed by atoms with Crippen LogP contribution in [-0.4, -0.2) is 26.7 Å². The fourth-order valence-electron chi connectivity index (χ4n) is 0.391. The van der Waals surface area contributed by atoms with Crippen LogP contribution < -0.4 is 18.9 Å². The van der Waals surface area contributed by atoms with Gasteiger partial charge in [-0.3, -0.25) is 4.21 Å². The summed E-state index contributed by atoms with van der Waals surface area (Å²) < 4.78 is 71.2. The van der Waals surface area contributed by atoms with Crippen LogP contribution in [0.15, 0.2) is 12.7 Å². The summed E-state index contributed by atoms with van der Waals surface area (Å²) in [7, 11) is 0. The van der Waals surface area contributed by atoms with Crippen LogP contribution in [-0.2, 0) is 15.8 Å². The van der Waals surface area contributed by atoms with Crippen molar-refractivity contribution in [3.63, 3.8) is 0 Å². The Kier molecular flexibility index (Phi) is 6.95. The van der Waals surface area contributed by atoms with Gasteiger partial charge in [0.1, 0.15) is 0 Å². The molecule has 2 atom stereocenters. The number of alkyl halides is 4. The molecule has 78 valence electrons. The fourth-order valence-corrected chi connectivity index (χ4v) is 0.744. The van der Waals surface area contributed by atoms with Crippen LogP contribution in [0, 0.1) is 0 Å². The van der Waals surface area contributed by atoms with Crippen molar-refractivity contribution in [3.05, 3.63) is 12.7 Å². The molecule has 0 aromatic carbocycles. The van der Waals surface area contributed by atoms with Crippen LogP contribution in [0.4, 0.5) is 17.6 Å². The van der Waals surface area contributed by atoms with Gasteiger partial charge in [0.25, 0.3) is 0 Å². The van der Waals surface area contributed by atoms with Gasteiger partial charge in [-0.05, 0) is 0 Å². The molecule has 0 aromatic heterocycles. The van der Waals surface area contributed by atoms with Crippen molar-refractivity contribution in [2.24, 2.45) is 0 Å². The summed E-state index contributed by atoms with van der Waals surface area (Å²) in [4.78, 5) is 0. The summed E-state index contributed by atoms with van der Waals surface area (Å²) in [6.07, 6.45) is -4.82. The number of hydrogen-bond acceptors (Lipinski definition) is 3. The zero-order chi connectivity index (χ0) is 10.7. The van der Waals surface area contributed by atoms with Gasteiger partial charge in [-0.25, -0.2) is 0 Å². The van der Waals surface area contributed by atoms with E-state index in [0.29, 0.717) is 0 Å². The fraction of sp³-hybridized carbons (Fsp3) is 0.600. The Morgan fingerprint density at radius 1 is 1.43 bits per heavy atom. The Morgan fingerprint density at radius 2 is 1.86 bits per heavy atom. The van der Waals surface area contributed by atoms with E-state index in [1.807, 2.05) is 0 Å². The van der Waals surface area contributed by atoms with Gasteiger partial charge in [-0.15, -0.1) is 6.58 Å². The summed E-state index contributed by atoms with van der Waals surface area (Å²) in [6, 6.07) is 0. The zero-order valence-electron chi connectivity index (χ0n) is 7.14. The maximum absolute atomic E-state index is 12.6. The predicted molar refractivity (Wildman–Crippen MR) is 35.0 cm³/mol. The monoisotopic (exact) mass is 228 g/mol. The van der Waals surface area contributed by atoms with E-state index in [1.165, 1.54) is 0 Å². The van der Waals surface area contributed by atoms with Gasteiger partial charge in [0.2, 0.25) is 0 Å². The number of halogens is 4. The molecule has 9 heteroatoms. The van der Waals surface area contributed by atoms with E-state index >= 15 is 0 Å². The van der Waals surface area contributed by atoms with Gasteiger partial charge in [0.15, 0.2) is 0 Å². The first-order valence-corrected chi connectivity index (χ1v) is 3.93. The zero-order valence-corrected chi connectivity index (χ0v) is 7.95. The minimum absolute atomic E-state index is 0.